The van der Waals surface area contributed by atoms with E-state index in [1.54, 1.807) is 13.8 Å². The van der Waals surface area contributed by atoms with E-state index in [1.165, 1.54) is 4.90 Å². The summed E-state index contributed by atoms with van der Waals surface area (Å²) in [6.07, 6.45) is 1.60. The van der Waals surface area contributed by atoms with Crippen LogP contribution < -0.4 is 10.2 Å². The molecule has 3 aliphatic heterocycles. The molecular formula is C27H39N3O6. The van der Waals surface area contributed by atoms with Gasteiger partial charge >= 0.3 is 5.97 Å². The van der Waals surface area contributed by atoms with E-state index in [0.29, 0.717) is 24.9 Å². The SMILES string of the molecule is CCOC(=O)[C@H]1[C@H]2C(=O)N([C@H](C)CO)C(C(=O)Nc3ccc(N(CC)CC)cc3)C23CC[C@]1(CC)O3. The standard InChI is InChI=1S/C27H39N3O6/c1-6-26-14-15-27(36-26)20(21(26)25(34)35-9-4)24(33)30(17(5)16-31)22(27)23(32)28-18-10-12-19(13-11-18)29(7-2)8-3/h10-13,17,20-22,31H,6-9,14-16H2,1-5H3,(H,28,32)/t17-,20+,21-,22?,26+,27?/m1/s1. The van der Waals surface area contributed by atoms with Crippen LogP contribution in [0.1, 0.15) is 53.9 Å². The third-order valence-electron chi connectivity index (χ3n) is 8.41. The Morgan fingerprint density at radius 1 is 1.19 bits per heavy atom. The Balaban J connectivity index is 1.69. The maximum absolute atomic E-state index is 13.8. The molecule has 3 fully saturated rings. The normalized spacial score (nSPS) is 31.3. The average molecular weight is 502 g/mol. The minimum atomic E-state index is -1.14. The van der Waals surface area contributed by atoms with E-state index in [-0.39, 0.29) is 25.0 Å². The highest BCUT2D eigenvalue weighted by molar-refractivity contribution is 6.03. The van der Waals surface area contributed by atoms with E-state index in [1.807, 2.05) is 31.2 Å². The van der Waals surface area contributed by atoms with Crippen molar-refractivity contribution in [3.63, 3.8) is 0 Å². The van der Waals surface area contributed by atoms with Gasteiger partial charge in [-0.3, -0.25) is 14.4 Å². The second-order valence-corrected chi connectivity index (χ2v) is 10.1. The first kappa shape index (κ1) is 26.4. The predicted molar refractivity (Wildman–Crippen MR) is 135 cm³/mol. The van der Waals surface area contributed by atoms with Gasteiger partial charge in [-0.1, -0.05) is 6.92 Å². The fourth-order valence-corrected chi connectivity index (χ4v) is 6.66. The lowest BCUT2D eigenvalue weighted by atomic mass is 9.65. The lowest BCUT2D eigenvalue weighted by molar-refractivity contribution is -0.161. The van der Waals surface area contributed by atoms with Crippen molar-refractivity contribution in [1.29, 1.82) is 0 Å². The van der Waals surface area contributed by atoms with Crippen LogP contribution in [0.25, 0.3) is 0 Å². The van der Waals surface area contributed by atoms with Crippen LogP contribution in [-0.2, 0) is 23.9 Å². The number of ether oxygens (including phenoxy) is 2. The number of hydrogen-bond acceptors (Lipinski definition) is 7. The Hall–Kier alpha value is -2.65. The fraction of sp³-hybridized carbons (Fsp3) is 0.667. The minimum Gasteiger partial charge on any atom is -0.466 e. The van der Waals surface area contributed by atoms with Crippen LogP contribution in [0.5, 0.6) is 0 Å². The molecule has 2 unspecified atom stereocenters. The number of benzene rings is 1. The molecule has 0 aliphatic carbocycles. The van der Waals surface area contributed by atoms with Crippen molar-refractivity contribution in [2.45, 2.75) is 77.2 Å². The number of esters is 1. The summed E-state index contributed by atoms with van der Waals surface area (Å²) in [5.41, 5.74) is -0.299. The molecule has 3 saturated heterocycles. The lowest BCUT2D eigenvalue weighted by Crippen LogP contribution is -2.55. The summed E-state index contributed by atoms with van der Waals surface area (Å²) in [6.45, 7) is 11.2. The molecule has 2 N–H and O–H groups in total. The van der Waals surface area contributed by atoms with Crippen LogP contribution in [0.3, 0.4) is 0 Å². The maximum Gasteiger partial charge on any atom is 0.312 e. The molecule has 198 valence electrons. The molecular weight excluding hydrogens is 462 g/mol. The fourth-order valence-electron chi connectivity index (χ4n) is 6.66. The van der Waals surface area contributed by atoms with E-state index >= 15 is 0 Å². The second kappa shape index (κ2) is 10.0. The molecule has 0 saturated carbocycles. The first-order valence-corrected chi connectivity index (χ1v) is 13.2. The molecule has 1 aromatic rings. The van der Waals surface area contributed by atoms with E-state index in [2.05, 4.69) is 24.1 Å². The summed E-state index contributed by atoms with van der Waals surface area (Å²) in [6, 6.07) is 6.03. The third kappa shape index (κ3) is 3.87. The zero-order valence-electron chi connectivity index (χ0n) is 22.0. The van der Waals surface area contributed by atoms with Crippen LogP contribution in [0, 0.1) is 11.8 Å². The van der Waals surface area contributed by atoms with E-state index in [0.717, 1.165) is 18.8 Å². The number of anilines is 2. The van der Waals surface area contributed by atoms with Gasteiger partial charge < -0.3 is 29.7 Å². The van der Waals surface area contributed by atoms with Crippen molar-refractivity contribution in [1.82, 2.24) is 4.90 Å². The van der Waals surface area contributed by atoms with Crippen LogP contribution in [-0.4, -0.2) is 77.4 Å². The van der Waals surface area contributed by atoms with Gasteiger partial charge in [0.25, 0.3) is 0 Å². The Morgan fingerprint density at radius 2 is 1.86 bits per heavy atom. The van der Waals surface area contributed by atoms with E-state index < -0.39 is 41.1 Å². The molecule has 0 radical (unpaired) electrons. The molecule has 2 amide bonds. The molecule has 1 aromatic carbocycles. The van der Waals surface area contributed by atoms with Crippen LogP contribution in [0.4, 0.5) is 11.4 Å². The summed E-state index contributed by atoms with van der Waals surface area (Å²) in [4.78, 5) is 44.4. The Labute approximate surface area is 213 Å². The molecule has 6 atom stereocenters. The van der Waals surface area contributed by atoms with Crippen LogP contribution in [0.2, 0.25) is 0 Å². The van der Waals surface area contributed by atoms with Gasteiger partial charge in [-0.25, -0.2) is 0 Å². The highest BCUT2D eigenvalue weighted by atomic mass is 16.6. The molecule has 0 aromatic heterocycles. The van der Waals surface area contributed by atoms with E-state index in [9.17, 15) is 19.5 Å². The van der Waals surface area contributed by atoms with Gasteiger partial charge in [0.1, 0.15) is 17.6 Å². The van der Waals surface area contributed by atoms with Gasteiger partial charge in [0.05, 0.1) is 30.8 Å². The molecule has 3 heterocycles. The molecule has 1 spiro atoms. The average Bonchev–Trinajstić information content (AvgIpc) is 3.49. The van der Waals surface area contributed by atoms with Gasteiger partial charge in [-0.2, -0.15) is 0 Å². The first-order valence-electron chi connectivity index (χ1n) is 13.2. The molecule has 3 aliphatic rings. The number of hydrogen-bond donors (Lipinski definition) is 2. The molecule has 2 bridgehead atoms. The molecule has 9 heteroatoms. The maximum atomic E-state index is 13.8. The predicted octanol–water partition coefficient (Wildman–Crippen LogP) is 2.57. The third-order valence-corrected chi connectivity index (χ3v) is 8.41. The Kier molecular flexibility index (Phi) is 7.35. The summed E-state index contributed by atoms with van der Waals surface area (Å²) in [5, 5.41) is 12.9. The van der Waals surface area contributed by atoms with Crippen LogP contribution >= 0.6 is 0 Å². The highest BCUT2D eigenvalue weighted by Gasteiger charge is 2.79. The number of fused-ring (bicyclic) bond motifs is 1. The van der Waals surface area contributed by atoms with Gasteiger partial charge in [-0.15, -0.1) is 0 Å². The lowest BCUT2D eigenvalue weighted by Gasteiger charge is -2.36. The van der Waals surface area contributed by atoms with Gasteiger partial charge in [0, 0.05) is 24.5 Å². The molecule has 9 nitrogen and oxygen atoms in total. The minimum absolute atomic E-state index is 0.202. The summed E-state index contributed by atoms with van der Waals surface area (Å²) < 4.78 is 12.0. The highest BCUT2D eigenvalue weighted by Crippen LogP contribution is 2.64. The van der Waals surface area contributed by atoms with Gasteiger partial charge in [0.15, 0.2) is 0 Å². The number of nitrogens with zero attached hydrogens (tertiary/aromatic N) is 2. The van der Waals surface area contributed by atoms with Crippen molar-refractivity contribution in [3.05, 3.63) is 24.3 Å². The van der Waals surface area contributed by atoms with Crippen molar-refractivity contribution >= 4 is 29.2 Å². The zero-order valence-corrected chi connectivity index (χ0v) is 22.0. The van der Waals surface area contributed by atoms with Crippen molar-refractivity contribution in [3.8, 4) is 0 Å². The second-order valence-electron chi connectivity index (χ2n) is 10.1. The van der Waals surface area contributed by atoms with Gasteiger partial charge in [-0.05, 0) is 71.2 Å². The number of carbonyl (C=O) groups is 3. The van der Waals surface area contributed by atoms with Gasteiger partial charge in [0.2, 0.25) is 11.8 Å². The Morgan fingerprint density at radius 3 is 2.42 bits per heavy atom. The smallest absolute Gasteiger partial charge is 0.312 e. The summed E-state index contributed by atoms with van der Waals surface area (Å²) in [5.74, 6) is -2.76. The van der Waals surface area contributed by atoms with Crippen molar-refractivity contribution < 1.29 is 29.0 Å². The Bertz CT molecular complexity index is 996. The number of likely N-dealkylation sites (tertiary alicyclic amines) is 1. The quantitative estimate of drug-likeness (QED) is 0.475. The monoisotopic (exact) mass is 501 g/mol. The van der Waals surface area contributed by atoms with Crippen molar-refractivity contribution in [2.75, 3.05) is 36.5 Å². The van der Waals surface area contributed by atoms with Crippen molar-refractivity contribution in [2.24, 2.45) is 11.8 Å². The topological polar surface area (TPSA) is 108 Å². The number of aliphatic hydroxyl groups excluding tert-OH is 1. The number of rotatable bonds is 10. The summed E-state index contributed by atoms with van der Waals surface area (Å²) in [7, 11) is 0. The number of amides is 2. The molecule has 36 heavy (non-hydrogen) atoms. The van der Waals surface area contributed by atoms with Crippen LogP contribution in [0.15, 0.2) is 24.3 Å². The zero-order chi connectivity index (χ0) is 26.3. The summed E-state index contributed by atoms with van der Waals surface area (Å²) >= 11 is 0. The first-order chi connectivity index (χ1) is 17.2. The number of carbonyl (C=O) groups excluding carboxylic acids is 3. The van der Waals surface area contributed by atoms with E-state index in [4.69, 9.17) is 9.47 Å². The molecule has 4 rings (SSSR count). The largest absolute Gasteiger partial charge is 0.466 e. The number of aliphatic hydroxyl groups is 1. The number of nitrogens with one attached hydrogen (secondary N) is 1.